The van der Waals surface area contributed by atoms with Crippen molar-refractivity contribution < 1.29 is 8.78 Å². The van der Waals surface area contributed by atoms with Crippen LogP contribution < -0.4 is 5.73 Å². The van der Waals surface area contributed by atoms with E-state index in [1.54, 1.807) is 0 Å². The van der Waals surface area contributed by atoms with Crippen LogP contribution in [0, 0.1) is 11.6 Å². The topological polar surface area (TPSA) is 69.6 Å². The zero-order valence-electron chi connectivity index (χ0n) is 6.85. The summed E-state index contributed by atoms with van der Waals surface area (Å²) in [5.41, 5.74) is 5.21. The molecule has 72 valence electrons. The molecule has 0 aliphatic heterocycles. The standard InChI is InChI=1S/C7H5F2N5/c8-4-2-1-3-5(6(4)9)14-7(10)11-12-13-14/h1-3H,(H2,10,11,13). The fourth-order valence-electron chi connectivity index (χ4n) is 1.02. The Morgan fingerprint density at radius 2 is 2.07 bits per heavy atom. The Bertz CT molecular complexity index is 467. The molecule has 0 aliphatic carbocycles. The van der Waals surface area contributed by atoms with E-state index in [1.165, 1.54) is 12.1 Å². The van der Waals surface area contributed by atoms with E-state index in [0.29, 0.717) is 0 Å². The largest absolute Gasteiger partial charge is 0.366 e. The molecule has 2 aromatic rings. The van der Waals surface area contributed by atoms with Crippen molar-refractivity contribution >= 4 is 5.95 Å². The maximum atomic E-state index is 13.2. The fourth-order valence-corrected chi connectivity index (χ4v) is 1.02. The molecule has 0 bridgehead atoms. The molecule has 0 atom stereocenters. The molecule has 0 saturated carbocycles. The van der Waals surface area contributed by atoms with Gasteiger partial charge in [0.2, 0.25) is 5.95 Å². The van der Waals surface area contributed by atoms with Crippen molar-refractivity contribution in [2.75, 3.05) is 5.73 Å². The van der Waals surface area contributed by atoms with E-state index >= 15 is 0 Å². The predicted octanol–water partition coefficient (Wildman–Crippen LogP) is 0.523. The van der Waals surface area contributed by atoms with Crippen LogP contribution in [0.15, 0.2) is 18.2 Å². The third-order valence-electron chi connectivity index (χ3n) is 1.65. The summed E-state index contributed by atoms with van der Waals surface area (Å²) < 4.78 is 26.9. The number of nitrogens with zero attached hydrogens (tertiary/aromatic N) is 4. The fraction of sp³-hybridized carbons (Fsp3) is 0. The second kappa shape index (κ2) is 3.02. The van der Waals surface area contributed by atoms with Crippen LogP contribution in [0.4, 0.5) is 14.7 Å². The third-order valence-corrected chi connectivity index (χ3v) is 1.65. The molecular formula is C7H5F2N5. The first-order valence-electron chi connectivity index (χ1n) is 3.68. The summed E-state index contributed by atoms with van der Waals surface area (Å²) in [6.07, 6.45) is 0. The van der Waals surface area contributed by atoms with E-state index < -0.39 is 11.6 Å². The van der Waals surface area contributed by atoms with E-state index in [1.807, 2.05) is 0 Å². The molecule has 1 heterocycles. The van der Waals surface area contributed by atoms with Gasteiger partial charge in [-0.05, 0) is 22.6 Å². The lowest BCUT2D eigenvalue weighted by molar-refractivity contribution is 0.501. The summed E-state index contributed by atoms with van der Waals surface area (Å²) in [6.45, 7) is 0. The van der Waals surface area contributed by atoms with Gasteiger partial charge >= 0.3 is 0 Å². The van der Waals surface area contributed by atoms with Crippen LogP contribution >= 0.6 is 0 Å². The summed E-state index contributed by atoms with van der Waals surface area (Å²) in [5, 5.41) is 9.98. The molecule has 2 N–H and O–H groups in total. The molecule has 1 aromatic carbocycles. The number of hydrogen-bond acceptors (Lipinski definition) is 4. The number of anilines is 1. The van der Waals surface area contributed by atoms with Crippen molar-refractivity contribution in [1.29, 1.82) is 0 Å². The molecule has 0 aliphatic rings. The van der Waals surface area contributed by atoms with Gasteiger partial charge in [-0.3, -0.25) is 0 Å². The Kier molecular flexibility index (Phi) is 1.84. The number of rotatable bonds is 1. The van der Waals surface area contributed by atoms with E-state index in [-0.39, 0.29) is 11.6 Å². The lowest BCUT2D eigenvalue weighted by Gasteiger charge is -2.02. The maximum absolute atomic E-state index is 13.2. The molecule has 2 rings (SSSR count). The Balaban J connectivity index is 2.63. The highest BCUT2D eigenvalue weighted by Gasteiger charge is 2.12. The number of nitrogen functional groups attached to an aromatic ring is 1. The monoisotopic (exact) mass is 197 g/mol. The van der Waals surface area contributed by atoms with Crippen LogP contribution in [-0.4, -0.2) is 20.2 Å². The van der Waals surface area contributed by atoms with Crippen molar-refractivity contribution in [1.82, 2.24) is 20.2 Å². The van der Waals surface area contributed by atoms with E-state index in [4.69, 9.17) is 5.73 Å². The van der Waals surface area contributed by atoms with Gasteiger partial charge in [-0.1, -0.05) is 11.2 Å². The number of hydrogen-bond donors (Lipinski definition) is 1. The van der Waals surface area contributed by atoms with Gasteiger partial charge in [0.1, 0.15) is 5.69 Å². The van der Waals surface area contributed by atoms with Gasteiger partial charge in [0, 0.05) is 0 Å². The van der Waals surface area contributed by atoms with Gasteiger partial charge < -0.3 is 5.73 Å². The quantitative estimate of drug-likeness (QED) is 0.723. The van der Waals surface area contributed by atoms with Crippen LogP contribution in [0.25, 0.3) is 5.69 Å². The van der Waals surface area contributed by atoms with Crippen LogP contribution in [0.5, 0.6) is 0 Å². The van der Waals surface area contributed by atoms with E-state index in [2.05, 4.69) is 15.5 Å². The Morgan fingerprint density at radius 3 is 2.71 bits per heavy atom. The molecule has 1 aromatic heterocycles. The molecule has 5 nitrogen and oxygen atoms in total. The van der Waals surface area contributed by atoms with E-state index in [9.17, 15) is 8.78 Å². The second-order valence-corrected chi connectivity index (χ2v) is 2.52. The van der Waals surface area contributed by atoms with Crippen molar-refractivity contribution in [2.24, 2.45) is 0 Å². The second-order valence-electron chi connectivity index (χ2n) is 2.52. The van der Waals surface area contributed by atoms with Crippen molar-refractivity contribution in [3.8, 4) is 5.69 Å². The normalized spacial score (nSPS) is 10.4. The molecule has 0 unspecified atom stereocenters. The zero-order valence-corrected chi connectivity index (χ0v) is 6.85. The Hall–Kier alpha value is -2.05. The maximum Gasteiger partial charge on any atom is 0.245 e. The molecule has 0 radical (unpaired) electrons. The minimum Gasteiger partial charge on any atom is -0.366 e. The summed E-state index contributed by atoms with van der Waals surface area (Å²) in [5.74, 6) is -2.11. The highest BCUT2D eigenvalue weighted by atomic mass is 19.2. The van der Waals surface area contributed by atoms with Crippen LogP contribution in [-0.2, 0) is 0 Å². The minimum absolute atomic E-state index is 0.102. The summed E-state index contributed by atoms with van der Waals surface area (Å²) in [7, 11) is 0. The number of nitrogens with two attached hydrogens (primary N) is 1. The molecule has 14 heavy (non-hydrogen) atoms. The SMILES string of the molecule is Nc1nnnn1-c1cccc(F)c1F. The average molecular weight is 197 g/mol. The molecule has 0 fully saturated rings. The summed E-state index contributed by atoms with van der Waals surface area (Å²) >= 11 is 0. The van der Waals surface area contributed by atoms with Crippen LogP contribution in [0.2, 0.25) is 0 Å². The average Bonchev–Trinajstić information content (AvgIpc) is 2.57. The van der Waals surface area contributed by atoms with Gasteiger partial charge in [0.15, 0.2) is 11.6 Å². The van der Waals surface area contributed by atoms with Crippen molar-refractivity contribution in [3.05, 3.63) is 29.8 Å². The lowest BCUT2D eigenvalue weighted by atomic mass is 10.3. The van der Waals surface area contributed by atoms with E-state index in [0.717, 1.165) is 10.7 Å². The first kappa shape index (κ1) is 8.54. The molecule has 0 saturated heterocycles. The van der Waals surface area contributed by atoms with Gasteiger partial charge in [-0.2, -0.15) is 4.68 Å². The third kappa shape index (κ3) is 1.18. The highest BCUT2D eigenvalue weighted by molar-refractivity contribution is 5.37. The molecule has 0 amide bonds. The van der Waals surface area contributed by atoms with Crippen LogP contribution in [0.3, 0.4) is 0 Å². The number of benzene rings is 1. The minimum atomic E-state index is -1.04. The number of aromatic nitrogens is 4. The lowest BCUT2D eigenvalue weighted by Crippen LogP contribution is -2.05. The van der Waals surface area contributed by atoms with Crippen LogP contribution in [0.1, 0.15) is 0 Å². The highest BCUT2D eigenvalue weighted by Crippen LogP contribution is 2.16. The molecule has 0 spiro atoms. The smallest absolute Gasteiger partial charge is 0.245 e. The number of halogens is 2. The predicted molar refractivity (Wildman–Crippen MR) is 43.5 cm³/mol. The Labute approximate surface area is 77.1 Å². The van der Waals surface area contributed by atoms with Gasteiger partial charge in [-0.15, -0.1) is 0 Å². The summed E-state index contributed by atoms with van der Waals surface area (Å²) in [6, 6.07) is 3.67. The number of tetrazole rings is 1. The Morgan fingerprint density at radius 1 is 1.29 bits per heavy atom. The van der Waals surface area contributed by atoms with Gasteiger partial charge in [-0.25, -0.2) is 8.78 Å². The zero-order chi connectivity index (χ0) is 10.1. The molecule has 7 heteroatoms. The van der Waals surface area contributed by atoms with Crippen molar-refractivity contribution in [3.63, 3.8) is 0 Å². The molecular weight excluding hydrogens is 192 g/mol. The van der Waals surface area contributed by atoms with Gasteiger partial charge in [0.25, 0.3) is 0 Å². The summed E-state index contributed by atoms with van der Waals surface area (Å²) in [4.78, 5) is 0. The van der Waals surface area contributed by atoms with Crippen molar-refractivity contribution in [2.45, 2.75) is 0 Å². The van der Waals surface area contributed by atoms with Gasteiger partial charge in [0.05, 0.1) is 0 Å². The first-order chi connectivity index (χ1) is 6.70. The first-order valence-corrected chi connectivity index (χ1v) is 3.68.